The number of fused-ring (bicyclic) bond motifs is 1. The zero-order chi connectivity index (χ0) is 22.2. The van der Waals surface area contributed by atoms with Crippen LogP contribution < -0.4 is 4.74 Å². The van der Waals surface area contributed by atoms with E-state index in [0.29, 0.717) is 24.3 Å². The van der Waals surface area contributed by atoms with Crippen LogP contribution in [0.25, 0.3) is 10.9 Å². The van der Waals surface area contributed by atoms with Crippen molar-refractivity contribution in [2.45, 2.75) is 24.7 Å². The number of hydrogen-bond acceptors (Lipinski definition) is 6. The number of nitrogens with one attached hydrogen (secondary N) is 1. The van der Waals surface area contributed by atoms with Crippen LogP contribution in [0.3, 0.4) is 0 Å². The summed E-state index contributed by atoms with van der Waals surface area (Å²) in [6.45, 7) is 2.15. The topological polar surface area (TPSA) is 123 Å². The van der Waals surface area contributed by atoms with Crippen molar-refractivity contribution < 1.29 is 22.9 Å². The van der Waals surface area contributed by atoms with Gasteiger partial charge in [-0.05, 0) is 38.0 Å². The van der Waals surface area contributed by atoms with E-state index in [4.69, 9.17) is 4.74 Å². The highest BCUT2D eigenvalue weighted by atomic mass is 32.2. The Balaban J connectivity index is 1.59. The first-order chi connectivity index (χ1) is 14.8. The van der Waals surface area contributed by atoms with Crippen molar-refractivity contribution in [2.24, 2.45) is 0 Å². The number of aryl methyl sites for hydroxylation is 1. The molecule has 1 N–H and O–H groups in total. The third-order valence-electron chi connectivity index (χ3n) is 5.36. The van der Waals surface area contributed by atoms with Gasteiger partial charge in [-0.1, -0.05) is 18.2 Å². The van der Waals surface area contributed by atoms with E-state index in [0.717, 1.165) is 29.8 Å². The summed E-state index contributed by atoms with van der Waals surface area (Å²) in [5.74, 6) is -0.491. The van der Waals surface area contributed by atoms with Gasteiger partial charge in [0.15, 0.2) is 12.4 Å². The van der Waals surface area contributed by atoms with E-state index in [2.05, 4.69) is 4.98 Å². The minimum atomic E-state index is -3.81. The van der Waals surface area contributed by atoms with Crippen LogP contribution in [0.4, 0.5) is 5.69 Å². The van der Waals surface area contributed by atoms with Crippen LogP contribution in [-0.2, 0) is 10.0 Å². The van der Waals surface area contributed by atoms with Crippen LogP contribution in [0.2, 0.25) is 0 Å². The Morgan fingerprint density at radius 2 is 1.90 bits per heavy atom. The SMILES string of the molecule is Cc1[nH]c2ccccc2c1C(=O)COc1ccc(S(=O)(=O)N2CCCC2)cc1[N+](=O)[O-]. The van der Waals surface area contributed by atoms with Crippen molar-refractivity contribution in [3.05, 3.63) is 63.8 Å². The zero-order valence-corrected chi connectivity index (χ0v) is 17.6. The van der Waals surface area contributed by atoms with Crippen molar-refractivity contribution >= 4 is 32.4 Å². The quantitative estimate of drug-likeness (QED) is 0.339. The zero-order valence-electron chi connectivity index (χ0n) is 16.8. The predicted molar refractivity (Wildman–Crippen MR) is 114 cm³/mol. The molecule has 0 bridgehead atoms. The van der Waals surface area contributed by atoms with Gasteiger partial charge in [0, 0.05) is 41.3 Å². The molecule has 2 heterocycles. The molecular weight excluding hydrogens is 422 g/mol. The molecule has 162 valence electrons. The molecule has 3 aromatic rings. The molecule has 0 spiro atoms. The highest BCUT2D eigenvalue weighted by molar-refractivity contribution is 7.89. The molecule has 1 aliphatic heterocycles. The number of para-hydroxylation sites is 1. The average Bonchev–Trinajstić information content (AvgIpc) is 3.39. The van der Waals surface area contributed by atoms with Crippen molar-refractivity contribution in [1.82, 2.24) is 9.29 Å². The largest absolute Gasteiger partial charge is 0.478 e. The standard InChI is InChI=1S/C21H21N3O6S/c1-14-21(16-6-2-3-7-17(16)22-14)19(25)13-30-20-9-8-15(12-18(20)24(26)27)31(28,29)23-10-4-5-11-23/h2-3,6-9,12,22H,4-5,10-11,13H2,1H3. The van der Waals surface area contributed by atoms with Crippen molar-refractivity contribution in [3.63, 3.8) is 0 Å². The summed E-state index contributed by atoms with van der Waals surface area (Å²) in [6, 6.07) is 10.8. The lowest BCUT2D eigenvalue weighted by Crippen LogP contribution is -2.27. The third kappa shape index (κ3) is 3.91. The molecule has 1 saturated heterocycles. The second kappa shape index (κ2) is 8.12. The van der Waals surface area contributed by atoms with E-state index < -0.39 is 27.2 Å². The maximum Gasteiger partial charge on any atom is 0.312 e. The number of Topliss-reactive ketones (excluding diaryl/α,β-unsaturated/α-hetero) is 1. The average molecular weight is 443 g/mol. The Bertz CT molecular complexity index is 1280. The van der Waals surface area contributed by atoms with Gasteiger partial charge >= 0.3 is 5.69 Å². The van der Waals surface area contributed by atoms with Crippen molar-refractivity contribution in [1.29, 1.82) is 0 Å². The molecule has 0 atom stereocenters. The van der Waals surface area contributed by atoms with Crippen LogP contribution in [0, 0.1) is 17.0 Å². The van der Waals surface area contributed by atoms with Gasteiger partial charge in [0.05, 0.1) is 9.82 Å². The summed E-state index contributed by atoms with van der Waals surface area (Å²) in [5.41, 5.74) is 1.46. The van der Waals surface area contributed by atoms with Crippen LogP contribution in [0.15, 0.2) is 47.4 Å². The minimum Gasteiger partial charge on any atom is -0.478 e. The molecule has 0 unspecified atom stereocenters. The highest BCUT2D eigenvalue weighted by Crippen LogP contribution is 2.32. The lowest BCUT2D eigenvalue weighted by Gasteiger charge is -2.15. The Hall–Kier alpha value is -3.24. The molecular formula is C21H21N3O6S. The highest BCUT2D eigenvalue weighted by Gasteiger charge is 2.30. The monoisotopic (exact) mass is 443 g/mol. The third-order valence-corrected chi connectivity index (χ3v) is 7.26. The van der Waals surface area contributed by atoms with Gasteiger partial charge in [0.1, 0.15) is 0 Å². The molecule has 2 aromatic carbocycles. The molecule has 0 saturated carbocycles. The fraction of sp³-hybridized carbons (Fsp3) is 0.286. The fourth-order valence-corrected chi connectivity index (χ4v) is 5.39. The number of hydrogen-bond donors (Lipinski definition) is 1. The number of ether oxygens (including phenoxy) is 1. The van der Waals surface area contributed by atoms with Crippen LogP contribution in [0.1, 0.15) is 28.9 Å². The minimum absolute atomic E-state index is 0.156. The van der Waals surface area contributed by atoms with Crippen LogP contribution in [-0.4, -0.2) is 48.1 Å². The Kier molecular flexibility index (Phi) is 5.50. The summed E-state index contributed by atoms with van der Waals surface area (Å²) < 4.78 is 32.2. The number of aromatic amines is 1. The predicted octanol–water partition coefficient (Wildman–Crippen LogP) is 3.43. The van der Waals surface area contributed by atoms with Gasteiger partial charge in [0.2, 0.25) is 15.8 Å². The van der Waals surface area contributed by atoms with Gasteiger partial charge in [-0.15, -0.1) is 0 Å². The van der Waals surface area contributed by atoms with Crippen LogP contribution >= 0.6 is 0 Å². The normalized spacial score (nSPS) is 14.7. The number of nitro groups is 1. The summed E-state index contributed by atoms with van der Waals surface area (Å²) in [5, 5.41) is 12.3. The molecule has 10 heteroatoms. The first-order valence-corrected chi connectivity index (χ1v) is 11.2. The number of benzene rings is 2. The van der Waals surface area contributed by atoms with Crippen molar-refractivity contribution in [3.8, 4) is 5.75 Å². The molecule has 31 heavy (non-hydrogen) atoms. The van der Waals surface area contributed by atoms with Gasteiger partial charge in [-0.25, -0.2) is 8.42 Å². The smallest absolute Gasteiger partial charge is 0.312 e. The molecule has 9 nitrogen and oxygen atoms in total. The Labute approximate surface area is 178 Å². The van der Waals surface area contributed by atoms with Gasteiger partial charge in [-0.3, -0.25) is 14.9 Å². The van der Waals surface area contributed by atoms with E-state index in [-0.39, 0.29) is 16.4 Å². The fourth-order valence-electron chi connectivity index (χ4n) is 3.85. The second-order valence-corrected chi connectivity index (χ2v) is 9.32. The van der Waals surface area contributed by atoms with Gasteiger partial charge < -0.3 is 9.72 Å². The maximum absolute atomic E-state index is 12.8. The van der Waals surface area contributed by atoms with Gasteiger partial charge in [0.25, 0.3) is 0 Å². The maximum atomic E-state index is 12.8. The number of nitrogens with zero attached hydrogens (tertiary/aromatic N) is 2. The lowest BCUT2D eigenvalue weighted by molar-refractivity contribution is -0.386. The van der Waals surface area contributed by atoms with E-state index in [1.807, 2.05) is 24.3 Å². The Morgan fingerprint density at radius 1 is 1.19 bits per heavy atom. The summed E-state index contributed by atoms with van der Waals surface area (Å²) >= 11 is 0. The number of nitro benzene ring substituents is 1. The number of aromatic nitrogens is 1. The molecule has 1 aliphatic rings. The molecule has 0 radical (unpaired) electrons. The van der Waals surface area contributed by atoms with E-state index in [1.165, 1.54) is 16.4 Å². The number of rotatable bonds is 7. The van der Waals surface area contributed by atoms with Crippen molar-refractivity contribution in [2.75, 3.05) is 19.7 Å². The number of sulfonamides is 1. The summed E-state index contributed by atoms with van der Waals surface area (Å²) in [4.78, 5) is 26.6. The van der Waals surface area contributed by atoms with E-state index >= 15 is 0 Å². The number of carbonyl (C=O) groups is 1. The second-order valence-electron chi connectivity index (χ2n) is 7.38. The van der Waals surface area contributed by atoms with Crippen LogP contribution in [0.5, 0.6) is 5.75 Å². The molecule has 1 fully saturated rings. The lowest BCUT2D eigenvalue weighted by atomic mass is 10.1. The molecule has 1 aromatic heterocycles. The summed E-state index contributed by atoms with van der Waals surface area (Å²) in [7, 11) is -3.81. The molecule has 0 amide bonds. The number of H-pyrrole nitrogens is 1. The first-order valence-electron chi connectivity index (χ1n) is 9.81. The summed E-state index contributed by atoms with van der Waals surface area (Å²) in [6.07, 6.45) is 1.52. The molecule has 4 rings (SSSR count). The number of ketones is 1. The van der Waals surface area contributed by atoms with E-state index in [9.17, 15) is 23.3 Å². The molecule has 0 aliphatic carbocycles. The number of carbonyl (C=O) groups excluding carboxylic acids is 1. The first kappa shape index (κ1) is 21.0. The van der Waals surface area contributed by atoms with Gasteiger partial charge in [-0.2, -0.15) is 4.31 Å². The Morgan fingerprint density at radius 3 is 2.61 bits per heavy atom. The van der Waals surface area contributed by atoms with E-state index in [1.54, 1.807) is 6.92 Å².